The molecular weight excluding hydrogens is 465 g/mol. The number of halogens is 4. The van der Waals surface area contributed by atoms with Gasteiger partial charge < -0.3 is 5.32 Å². The van der Waals surface area contributed by atoms with Crippen LogP contribution in [0.1, 0.15) is 56.0 Å². The number of nitrogens with one attached hydrogen (secondary N) is 2. The van der Waals surface area contributed by atoms with Crippen LogP contribution in [0.4, 0.5) is 18.9 Å². The molecule has 0 spiro atoms. The molecule has 1 aliphatic rings. The van der Waals surface area contributed by atoms with E-state index in [-0.39, 0.29) is 23.4 Å². The molecular formula is C25H26ClF3N4O. The minimum atomic E-state index is -4.41. The molecule has 9 heteroatoms. The van der Waals surface area contributed by atoms with Crippen LogP contribution in [0.2, 0.25) is 5.02 Å². The SMILES string of the molecule is CC(C)(C)n1ccc(C2C[C@@H](C(=O)Nc3cccc(Cl)c3)N[C@H]2c2ccc(C(F)(F)F)cc2)n1. The van der Waals surface area contributed by atoms with Crippen LogP contribution in [0, 0.1) is 0 Å². The van der Waals surface area contributed by atoms with E-state index in [0.717, 1.165) is 17.8 Å². The Kier molecular flexibility index (Phi) is 6.48. The summed E-state index contributed by atoms with van der Waals surface area (Å²) in [5, 5.41) is 11.4. The number of nitrogens with zero attached hydrogens (tertiary/aromatic N) is 2. The smallest absolute Gasteiger partial charge is 0.325 e. The van der Waals surface area contributed by atoms with E-state index in [1.165, 1.54) is 12.1 Å². The van der Waals surface area contributed by atoms with E-state index >= 15 is 0 Å². The van der Waals surface area contributed by atoms with Gasteiger partial charge in [0.1, 0.15) is 0 Å². The van der Waals surface area contributed by atoms with Crippen molar-refractivity contribution in [1.29, 1.82) is 0 Å². The first-order chi connectivity index (χ1) is 15.9. The van der Waals surface area contributed by atoms with E-state index in [0.29, 0.717) is 22.7 Å². The Morgan fingerprint density at radius 1 is 1.12 bits per heavy atom. The monoisotopic (exact) mass is 490 g/mol. The second kappa shape index (κ2) is 9.07. The molecule has 1 unspecified atom stereocenters. The molecule has 1 fully saturated rings. The Balaban J connectivity index is 1.62. The fourth-order valence-corrected chi connectivity index (χ4v) is 4.37. The van der Waals surface area contributed by atoms with E-state index < -0.39 is 17.8 Å². The normalized spacial score (nSPS) is 21.0. The van der Waals surface area contributed by atoms with Crippen molar-refractivity contribution >= 4 is 23.2 Å². The van der Waals surface area contributed by atoms with Crippen LogP contribution in [0.15, 0.2) is 60.8 Å². The Morgan fingerprint density at radius 2 is 1.82 bits per heavy atom. The van der Waals surface area contributed by atoms with Crippen molar-refractivity contribution in [1.82, 2.24) is 15.1 Å². The van der Waals surface area contributed by atoms with Crippen molar-refractivity contribution in [3.05, 3.63) is 82.6 Å². The quantitative estimate of drug-likeness (QED) is 0.462. The highest BCUT2D eigenvalue weighted by molar-refractivity contribution is 6.30. The second-order valence-electron chi connectivity index (χ2n) is 9.51. The zero-order valence-electron chi connectivity index (χ0n) is 19.0. The lowest BCUT2D eigenvalue weighted by molar-refractivity contribution is -0.137. The molecule has 2 N–H and O–H groups in total. The summed E-state index contributed by atoms with van der Waals surface area (Å²) in [7, 11) is 0. The fraction of sp³-hybridized carbons (Fsp3) is 0.360. The molecule has 2 aromatic carbocycles. The standard InChI is InChI=1S/C25H26ClF3N4O/c1-24(2,3)33-12-11-20(32-33)19-14-21(23(34)30-18-6-4-5-17(26)13-18)31-22(19)15-7-9-16(10-8-15)25(27,28)29/h4-13,19,21-22,31H,14H2,1-3H3,(H,30,34)/t19?,21-,22-/m0/s1. The van der Waals surface area contributed by atoms with E-state index in [2.05, 4.69) is 10.6 Å². The van der Waals surface area contributed by atoms with Crippen LogP contribution in [-0.2, 0) is 16.5 Å². The Morgan fingerprint density at radius 3 is 2.41 bits per heavy atom. The van der Waals surface area contributed by atoms with Gasteiger partial charge in [-0.2, -0.15) is 18.3 Å². The lowest BCUT2D eigenvalue weighted by Gasteiger charge is -2.21. The van der Waals surface area contributed by atoms with Crippen molar-refractivity contribution in [2.75, 3.05) is 5.32 Å². The van der Waals surface area contributed by atoms with Crippen LogP contribution < -0.4 is 10.6 Å². The van der Waals surface area contributed by atoms with E-state index in [9.17, 15) is 18.0 Å². The van der Waals surface area contributed by atoms with Gasteiger partial charge in [0, 0.05) is 28.9 Å². The largest absolute Gasteiger partial charge is 0.416 e. The van der Waals surface area contributed by atoms with Crippen LogP contribution in [-0.4, -0.2) is 21.7 Å². The molecule has 1 saturated heterocycles. The average molecular weight is 491 g/mol. The van der Waals surface area contributed by atoms with Crippen molar-refractivity contribution in [2.45, 2.75) is 56.9 Å². The maximum Gasteiger partial charge on any atom is 0.416 e. The second-order valence-corrected chi connectivity index (χ2v) is 9.95. The molecule has 4 rings (SSSR count). The summed E-state index contributed by atoms with van der Waals surface area (Å²) in [4.78, 5) is 13.0. The van der Waals surface area contributed by atoms with Crippen LogP contribution >= 0.6 is 11.6 Å². The molecule has 34 heavy (non-hydrogen) atoms. The van der Waals surface area contributed by atoms with Crippen LogP contribution in [0.5, 0.6) is 0 Å². The molecule has 3 atom stereocenters. The number of anilines is 1. The number of carbonyl (C=O) groups is 1. The van der Waals surface area contributed by atoms with E-state index in [4.69, 9.17) is 16.7 Å². The number of hydrogen-bond donors (Lipinski definition) is 2. The Bertz CT molecular complexity index is 1170. The van der Waals surface area contributed by atoms with E-state index in [1.807, 2.05) is 37.7 Å². The molecule has 1 amide bonds. The zero-order valence-corrected chi connectivity index (χ0v) is 19.8. The van der Waals surface area contributed by atoms with Gasteiger partial charge in [0.2, 0.25) is 5.91 Å². The number of amides is 1. The summed E-state index contributed by atoms with van der Waals surface area (Å²) in [5.41, 5.74) is 1.09. The van der Waals surface area contributed by atoms with Gasteiger partial charge in [-0.15, -0.1) is 0 Å². The van der Waals surface area contributed by atoms with Crippen molar-refractivity contribution in [2.24, 2.45) is 0 Å². The van der Waals surface area contributed by atoms with Crippen molar-refractivity contribution in [3.63, 3.8) is 0 Å². The first-order valence-electron chi connectivity index (χ1n) is 11.0. The third-order valence-corrected chi connectivity index (χ3v) is 6.19. The summed E-state index contributed by atoms with van der Waals surface area (Å²) in [5.74, 6) is -0.438. The van der Waals surface area contributed by atoms with Crippen LogP contribution in [0.3, 0.4) is 0 Å². The van der Waals surface area contributed by atoms with Gasteiger partial charge in [-0.3, -0.25) is 14.8 Å². The lowest BCUT2D eigenvalue weighted by atomic mass is 9.90. The third-order valence-electron chi connectivity index (χ3n) is 5.96. The molecule has 5 nitrogen and oxygen atoms in total. The van der Waals surface area contributed by atoms with Gasteiger partial charge >= 0.3 is 6.18 Å². The summed E-state index contributed by atoms with van der Waals surface area (Å²) in [6.45, 7) is 6.10. The van der Waals surface area contributed by atoms with Gasteiger partial charge in [0.25, 0.3) is 0 Å². The maximum absolute atomic E-state index is 13.1. The molecule has 0 radical (unpaired) electrons. The summed E-state index contributed by atoms with van der Waals surface area (Å²) in [6.07, 6.45) is -2.08. The van der Waals surface area contributed by atoms with Gasteiger partial charge in [-0.25, -0.2) is 0 Å². The van der Waals surface area contributed by atoms with E-state index in [1.54, 1.807) is 24.3 Å². The first-order valence-corrected chi connectivity index (χ1v) is 11.4. The average Bonchev–Trinajstić information content (AvgIpc) is 3.41. The molecule has 1 aromatic heterocycles. The molecule has 0 bridgehead atoms. The number of hydrogen-bond acceptors (Lipinski definition) is 3. The minimum Gasteiger partial charge on any atom is -0.325 e. The van der Waals surface area contributed by atoms with Crippen molar-refractivity contribution in [3.8, 4) is 0 Å². The summed E-state index contributed by atoms with van der Waals surface area (Å²) < 4.78 is 41.0. The zero-order chi connectivity index (χ0) is 24.7. The molecule has 0 saturated carbocycles. The van der Waals surface area contributed by atoms with Gasteiger partial charge in [-0.1, -0.05) is 29.8 Å². The molecule has 2 heterocycles. The highest BCUT2D eigenvalue weighted by atomic mass is 35.5. The van der Waals surface area contributed by atoms with Gasteiger partial charge in [0.15, 0.2) is 0 Å². The number of aromatic nitrogens is 2. The van der Waals surface area contributed by atoms with Gasteiger partial charge in [-0.05, 0) is 69.2 Å². The van der Waals surface area contributed by atoms with Gasteiger partial charge in [0.05, 0.1) is 22.8 Å². The minimum absolute atomic E-state index is 0.199. The fourth-order valence-electron chi connectivity index (χ4n) is 4.18. The molecule has 180 valence electrons. The number of rotatable bonds is 4. The number of carbonyl (C=O) groups excluding carboxylic acids is 1. The summed E-state index contributed by atoms with van der Waals surface area (Å²) >= 11 is 6.02. The van der Waals surface area contributed by atoms with Crippen LogP contribution in [0.25, 0.3) is 0 Å². The lowest BCUT2D eigenvalue weighted by Crippen LogP contribution is -2.36. The van der Waals surface area contributed by atoms with Crippen molar-refractivity contribution < 1.29 is 18.0 Å². The highest BCUT2D eigenvalue weighted by Crippen LogP contribution is 2.41. The molecule has 0 aliphatic carbocycles. The Hall–Kier alpha value is -2.84. The Labute approximate surface area is 201 Å². The topological polar surface area (TPSA) is 59.0 Å². The first kappa shape index (κ1) is 24.3. The molecule has 3 aromatic rings. The highest BCUT2D eigenvalue weighted by Gasteiger charge is 2.41. The number of alkyl halides is 3. The predicted octanol–water partition coefficient (Wildman–Crippen LogP) is 6.14. The third kappa shape index (κ3) is 5.28. The predicted molar refractivity (Wildman–Crippen MR) is 126 cm³/mol. The maximum atomic E-state index is 13.1. The summed E-state index contributed by atoms with van der Waals surface area (Å²) in [6, 6.07) is 12.9. The molecule has 1 aliphatic heterocycles. The number of benzene rings is 2.